The third-order valence-electron chi connectivity index (χ3n) is 2.37. The molecule has 6 heteroatoms. The van der Waals surface area contributed by atoms with Crippen LogP contribution in [0.2, 0.25) is 0 Å². The van der Waals surface area contributed by atoms with Gasteiger partial charge in [-0.25, -0.2) is 14.8 Å². The molecule has 1 aromatic carbocycles. The van der Waals surface area contributed by atoms with Crippen LogP contribution in [0.1, 0.15) is 17.4 Å². The second kappa shape index (κ2) is 5.79. The van der Waals surface area contributed by atoms with Gasteiger partial charge in [0.25, 0.3) is 0 Å². The minimum absolute atomic E-state index is 0.0729. The number of carboxylic acid groups (broad SMARTS) is 1. The largest absolute Gasteiger partial charge is 0.493 e. The van der Waals surface area contributed by atoms with Crippen molar-refractivity contribution in [3.05, 3.63) is 40.6 Å². The fourth-order valence-electron chi connectivity index (χ4n) is 1.58. The van der Waals surface area contributed by atoms with Crippen LogP contribution in [-0.4, -0.2) is 27.7 Å². The molecule has 0 aliphatic heterocycles. The van der Waals surface area contributed by atoms with E-state index in [0.717, 1.165) is 0 Å². The SMILES string of the molecule is CCOc1ccccc1-c1ncc(Br)c(C(=O)O)n1. The zero-order valence-electron chi connectivity index (χ0n) is 10.1. The number of nitrogens with zero attached hydrogens (tertiary/aromatic N) is 2. The summed E-state index contributed by atoms with van der Waals surface area (Å²) in [6, 6.07) is 7.25. The molecule has 2 aromatic rings. The molecule has 0 unspecified atom stereocenters. The fraction of sp³-hybridized carbons (Fsp3) is 0.154. The maximum atomic E-state index is 11.1. The summed E-state index contributed by atoms with van der Waals surface area (Å²) >= 11 is 3.12. The molecule has 0 atom stereocenters. The molecule has 2 rings (SSSR count). The summed E-state index contributed by atoms with van der Waals surface area (Å²) in [7, 11) is 0. The second-order valence-corrected chi connectivity index (χ2v) is 4.48. The Morgan fingerprint density at radius 3 is 2.84 bits per heavy atom. The Labute approximate surface area is 118 Å². The number of hydrogen-bond donors (Lipinski definition) is 1. The molecule has 0 radical (unpaired) electrons. The monoisotopic (exact) mass is 322 g/mol. The van der Waals surface area contributed by atoms with E-state index in [0.29, 0.717) is 28.2 Å². The maximum Gasteiger partial charge on any atom is 0.355 e. The van der Waals surface area contributed by atoms with E-state index in [1.807, 2.05) is 19.1 Å². The lowest BCUT2D eigenvalue weighted by Gasteiger charge is -2.09. The van der Waals surface area contributed by atoms with Gasteiger partial charge in [-0.3, -0.25) is 0 Å². The molecule has 5 nitrogen and oxygen atoms in total. The van der Waals surface area contributed by atoms with Crippen LogP contribution in [0.4, 0.5) is 0 Å². The Morgan fingerprint density at radius 2 is 2.16 bits per heavy atom. The summed E-state index contributed by atoms with van der Waals surface area (Å²) in [4.78, 5) is 19.2. The molecule has 98 valence electrons. The quantitative estimate of drug-likeness (QED) is 0.936. The van der Waals surface area contributed by atoms with Gasteiger partial charge in [0.1, 0.15) is 5.75 Å². The van der Waals surface area contributed by atoms with Gasteiger partial charge in [0.15, 0.2) is 11.5 Å². The number of halogens is 1. The van der Waals surface area contributed by atoms with Crippen LogP contribution in [0, 0.1) is 0 Å². The van der Waals surface area contributed by atoms with Crippen molar-refractivity contribution in [1.29, 1.82) is 0 Å². The predicted molar refractivity (Wildman–Crippen MR) is 73.3 cm³/mol. The molecule has 1 N–H and O–H groups in total. The van der Waals surface area contributed by atoms with Gasteiger partial charge >= 0.3 is 5.97 Å². The van der Waals surface area contributed by atoms with Gasteiger partial charge in [-0.15, -0.1) is 0 Å². The van der Waals surface area contributed by atoms with Crippen molar-refractivity contribution in [3.63, 3.8) is 0 Å². The Hall–Kier alpha value is -1.95. The Balaban J connectivity index is 2.53. The van der Waals surface area contributed by atoms with Crippen molar-refractivity contribution in [1.82, 2.24) is 9.97 Å². The standard InChI is InChI=1S/C13H11BrN2O3/c1-2-19-10-6-4-3-5-8(10)12-15-7-9(14)11(16-12)13(17)18/h3-7H,2H2,1H3,(H,17,18). The van der Waals surface area contributed by atoms with Gasteiger partial charge in [-0.1, -0.05) is 12.1 Å². The molecule has 0 saturated heterocycles. The molecule has 0 amide bonds. The highest BCUT2D eigenvalue weighted by atomic mass is 79.9. The number of aromatic carboxylic acids is 1. The van der Waals surface area contributed by atoms with Crippen LogP contribution in [0.5, 0.6) is 5.75 Å². The molecule has 0 aliphatic rings. The first kappa shape index (κ1) is 13.5. The molecule has 0 spiro atoms. The lowest BCUT2D eigenvalue weighted by atomic mass is 10.2. The highest BCUT2D eigenvalue weighted by molar-refractivity contribution is 9.10. The van der Waals surface area contributed by atoms with Gasteiger partial charge in [-0.2, -0.15) is 0 Å². The third-order valence-corrected chi connectivity index (χ3v) is 2.95. The highest BCUT2D eigenvalue weighted by Crippen LogP contribution is 2.28. The van der Waals surface area contributed by atoms with E-state index in [-0.39, 0.29) is 5.69 Å². The topological polar surface area (TPSA) is 72.3 Å². The minimum Gasteiger partial charge on any atom is -0.493 e. The van der Waals surface area contributed by atoms with E-state index in [4.69, 9.17) is 9.84 Å². The molecule has 1 aromatic heterocycles. The number of ether oxygens (including phenoxy) is 1. The van der Waals surface area contributed by atoms with Gasteiger partial charge in [0, 0.05) is 6.20 Å². The molecule has 1 heterocycles. The van der Waals surface area contributed by atoms with Crippen molar-refractivity contribution < 1.29 is 14.6 Å². The van der Waals surface area contributed by atoms with Crippen LogP contribution in [-0.2, 0) is 0 Å². The summed E-state index contributed by atoms with van der Waals surface area (Å²) in [6.07, 6.45) is 1.43. The van der Waals surface area contributed by atoms with Crippen LogP contribution in [0.3, 0.4) is 0 Å². The van der Waals surface area contributed by atoms with E-state index < -0.39 is 5.97 Å². The number of rotatable bonds is 4. The summed E-state index contributed by atoms with van der Waals surface area (Å²) in [6.45, 7) is 2.39. The van der Waals surface area contributed by atoms with E-state index in [1.54, 1.807) is 12.1 Å². The van der Waals surface area contributed by atoms with Gasteiger partial charge in [-0.05, 0) is 35.0 Å². The highest BCUT2D eigenvalue weighted by Gasteiger charge is 2.15. The van der Waals surface area contributed by atoms with Crippen LogP contribution >= 0.6 is 15.9 Å². The lowest BCUT2D eigenvalue weighted by molar-refractivity contribution is 0.0689. The molecule has 0 fully saturated rings. The first-order chi connectivity index (χ1) is 9.13. The number of benzene rings is 1. The molecule has 0 saturated carbocycles. The smallest absolute Gasteiger partial charge is 0.355 e. The zero-order chi connectivity index (χ0) is 13.8. The van der Waals surface area contributed by atoms with Gasteiger partial charge in [0.2, 0.25) is 0 Å². The maximum absolute atomic E-state index is 11.1. The number of hydrogen-bond acceptors (Lipinski definition) is 4. The van der Waals surface area contributed by atoms with E-state index in [9.17, 15) is 4.79 Å². The number of para-hydroxylation sites is 1. The lowest BCUT2D eigenvalue weighted by Crippen LogP contribution is -2.05. The average Bonchev–Trinajstić information content (AvgIpc) is 2.40. The first-order valence-corrected chi connectivity index (χ1v) is 6.40. The first-order valence-electron chi connectivity index (χ1n) is 5.61. The van der Waals surface area contributed by atoms with Gasteiger partial charge in [0.05, 0.1) is 16.6 Å². The van der Waals surface area contributed by atoms with E-state index in [1.165, 1.54) is 6.20 Å². The number of carboxylic acids is 1. The van der Waals surface area contributed by atoms with Crippen LogP contribution in [0.25, 0.3) is 11.4 Å². The fourth-order valence-corrected chi connectivity index (χ4v) is 1.94. The summed E-state index contributed by atoms with van der Waals surface area (Å²) in [5.41, 5.74) is 0.593. The van der Waals surface area contributed by atoms with Crippen molar-refractivity contribution >= 4 is 21.9 Å². The second-order valence-electron chi connectivity index (χ2n) is 3.62. The average molecular weight is 323 g/mol. The zero-order valence-corrected chi connectivity index (χ0v) is 11.7. The Morgan fingerprint density at radius 1 is 1.42 bits per heavy atom. The number of carbonyl (C=O) groups is 1. The summed E-state index contributed by atoms with van der Waals surface area (Å²) in [5.74, 6) is -0.155. The molecular formula is C13H11BrN2O3. The van der Waals surface area contributed by atoms with Crippen molar-refractivity contribution in [2.24, 2.45) is 0 Å². The van der Waals surface area contributed by atoms with Gasteiger partial charge < -0.3 is 9.84 Å². The van der Waals surface area contributed by atoms with Crippen molar-refractivity contribution in [2.75, 3.05) is 6.61 Å². The van der Waals surface area contributed by atoms with Crippen LogP contribution < -0.4 is 4.74 Å². The van der Waals surface area contributed by atoms with Crippen molar-refractivity contribution in [2.45, 2.75) is 6.92 Å². The van der Waals surface area contributed by atoms with Crippen molar-refractivity contribution in [3.8, 4) is 17.1 Å². The Bertz CT molecular complexity index is 617. The third kappa shape index (κ3) is 2.90. The molecular weight excluding hydrogens is 312 g/mol. The normalized spacial score (nSPS) is 10.2. The van der Waals surface area contributed by atoms with Crippen LogP contribution in [0.15, 0.2) is 34.9 Å². The molecule has 0 bridgehead atoms. The number of aromatic nitrogens is 2. The van der Waals surface area contributed by atoms with E-state index >= 15 is 0 Å². The molecule has 0 aliphatic carbocycles. The van der Waals surface area contributed by atoms with E-state index in [2.05, 4.69) is 25.9 Å². The molecule has 19 heavy (non-hydrogen) atoms. The minimum atomic E-state index is -1.11. The summed E-state index contributed by atoms with van der Waals surface area (Å²) < 4.78 is 5.83. The Kier molecular flexibility index (Phi) is 4.11. The summed E-state index contributed by atoms with van der Waals surface area (Å²) in [5, 5.41) is 9.06. The predicted octanol–water partition coefficient (Wildman–Crippen LogP) is 3.00.